The number of carbonyl (C=O) groups excluding carboxylic acids is 2. The summed E-state index contributed by atoms with van der Waals surface area (Å²) in [6.45, 7) is 5.69. The fourth-order valence-electron chi connectivity index (χ4n) is 4.50. The summed E-state index contributed by atoms with van der Waals surface area (Å²) in [5, 5.41) is 15.4. The van der Waals surface area contributed by atoms with E-state index in [4.69, 9.17) is 5.26 Å². The number of anilines is 2. The minimum atomic E-state index is -0.571. The third kappa shape index (κ3) is 6.32. The average molecular weight is 497 g/mol. The first-order valence-corrected chi connectivity index (χ1v) is 12.4. The molecule has 1 aromatic heterocycles. The lowest BCUT2D eigenvalue weighted by Gasteiger charge is -2.39. The number of nitrogens with zero attached hydrogens (tertiary/aromatic N) is 4. The second-order valence-corrected chi connectivity index (χ2v) is 9.53. The number of nitrogens with one attached hydrogen (secondary N) is 2. The van der Waals surface area contributed by atoms with Crippen LogP contribution in [0.4, 0.5) is 11.5 Å². The molecule has 1 aliphatic rings. The molecule has 0 aliphatic carbocycles. The van der Waals surface area contributed by atoms with Crippen molar-refractivity contribution in [2.24, 2.45) is 0 Å². The number of pyridine rings is 1. The summed E-state index contributed by atoms with van der Waals surface area (Å²) in [4.78, 5) is 33.7. The maximum absolute atomic E-state index is 13.4. The monoisotopic (exact) mass is 496 g/mol. The van der Waals surface area contributed by atoms with E-state index in [1.54, 1.807) is 29.3 Å². The van der Waals surface area contributed by atoms with Gasteiger partial charge in [0.25, 0.3) is 0 Å². The van der Waals surface area contributed by atoms with Gasteiger partial charge in [-0.25, -0.2) is 4.98 Å². The first-order chi connectivity index (χ1) is 17.9. The molecule has 2 heterocycles. The zero-order chi connectivity index (χ0) is 26.4. The molecule has 190 valence electrons. The lowest BCUT2D eigenvalue weighted by atomic mass is 9.98. The number of aromatic nitrogens is 1. The molecule has 2 amide bonds. The summed E-state index contributed by atoms with van der Waals surface area (Å²) in [6, 6.07) is 22.5. The van der Waals surface area contributed by atoms with Crippen LogP contribution in [-0.2, 0) is 9.59 Å². The number of benzene rings is 2. The van der Waals surface area contributed by atoms with Crippen LogP contribution < -0.4 is 15.5 Å². The van der Waals surface area contributed by atoms with E-state index in [2.05, 4.69) is 35.5 Å². The summed E-state index contributed by atoms with van der Waals surface area (Å²) in [5.74, 6) is 0.450. The molecule has 0 saturated carbocycles. The van der Waals surface area contributed by atoms with Crippen LogP contribution in [0.3, 0.4) is 0 Å². The molecule has 4 rings (SSSR count). The van der Waals surface area contributed by atoms with Crippen molar-refractivity contribution in [1.29, 1.82) is 5.26 Å². The van der Waals surface area contributed by atoms with E-state index in [9.17, 15) is 9.59 Å². The highest BCUT2D eigenvalue weighted by Crippen LogP contribution is 2.23. The van der Waals surface area contributed by atoms with E-state index in [-0.39, 0.29) is 23.8 Å². The molecular weight excluding hydrogens is 464 g/mol. The third-order valence-corrected chi connectivity index (χ3v) is 6.76. The van der Waals surface area contributed by atoms with Gasteiger partial charge in [-0.05, 0) is 48.2 Å². The van der Waals surface area contributed by atoms with Gasteiger partial charge in [-0.2, -0.15) is 5.26 Å². The zero-order valence-electron chi connectivity index (χ0n) is 21.4. The van der Waals surface area contributed by atoms with Crippen LogP contribution in [0, 0.1) is 11.3 Å². The fourth-order valence-corrected chi connectivity index (χ4v) is 4.50. The van der Waals surface area contributed by atoms with Gasteiger partial charge in [-0.3, -0.25) is 9.59 Å². The van der Waals surface area contributed by atoms with E-state index in [1.807, 2.05) is 60.5 Å². The Morgan fingerprint density at radius 2 is 1.84 bits per heavy atom. The van der Waals surface area contributed by atoms with Crippen LogP contribution in [0.1, 0.15) is 42.5 Å². The molecule has 8 heteroatoms. The molecule has 1 unspecified atom stereocenters. The Labute approximate surface area is 217 Å². The van der Waals surface area contributed by atoms with E-state index in [0.29, 0.717) is 31.0 Å². The van der Waals surface area contributed by atoms with Crippen LogP contribution in [0.25, 0.3) is 0 Å². The average Bonchev–Trinajstić information content (AvgIpc) is 2.92. The Hall–Kier alpha value is -4.22. The highest BCUT2D eigenvalue weighted by atomic mass is 16.2. The van der Waals surface area contributed by atoms with E-state index >= 15 is 0 Å². The Bertz CT molecular complexity index is 1250. The highest BCUT2D eigenvalue weighted by Gasteiger charge is 2.27. The quantitative estimate of drug-likeness (QED) is 0.493. The zero-order valence-corrected chi connectivity index (χ0v) is 21.4. The summed E-state index contributed by atoms with van der Waals surface area (Å²) >= 11 is 0. The minimum Gasteiger partial charge on any atom is -0.356 e. The Balaban J connectivity index is 1.44. The van der Waals surface area contributed by atoms with E-state index in [0.717, 1.165) is 16.8 Å². The van der Waals surface area contributed by atoms with Gasteiger partial charge < -0.3 is 20.4 Å². The van der Waals surface area contributed by atoms with E-state index < -0.39 is 6.04 Å². The van der Waals surface area contributed by atoms with Crippen molar-refractivity contribution in [3.05, 3.63) is 89.6 Å². The number of likely N-dealkylation sites (N-methyl/N-ethyl adjacent to an activating group) is 1. The van der Waals surface area contributed by atoms with Crippen molar-refractivity contribution in [2.75, 3.05) is 36.9 Å². The standard InChI is InChI=1S/C29H32N6O2/c1-20(23-11-9-22(15-30)10-12-23)16-32-28(24-7-5-4-6-8-24)29(37)33-26-14-13-25(17-31-26)35-19-27(36)34(3)18-21(35)2/h4-14,17,20-21,28,32H,16,18-19H2,1-3H3,(H,31,33,37)/t20-,21+,28?/m1/s1. The number of hydrogen-bond donors (Lipinski definition) is 2. The maximum atomic E-state index is 13.4. The number of amides is 2. The number of rotatable bonds is 8. The molecule has 0 bridgehead atoms. The summed E-state index contributed by atoms with van der Waals surface area (Å²) in [6.07, 6.45) is 1.70. The molecule has 8 nitrogen and oxygen atoms in total. The number of hydrogen-bond acceptors (Lipinski definition) is 6. The summed E-state index contributed by atoms with van der Waals surface area (Å²) in [5.41, 5.74) is 3.42. The first kappa shape index (κ1) is 25.9. The van der Waals surface area contributed by atoms with Crippen molar-refractivity contribution in [2.45, 2.75) is 31.8 Å². The maximum Gasteiger partial charge on any atom is 0.247 e. The fraction of sp³-hybridized carbons (Fsp3) is 0.310. The predicted molar refractivity (Wildman–Crippen MR) is 144 cm³/mol. The van der Waals surface area contributed by atoms with Crippen molar-refractivity contribution in [3.8, 4) is 6.07 Å². The van der Waals surface area contributed by atoms with Crippen molar-refractivity contribution in [1.82, 2.24) is 15.2 Å². The SMILES string of the molecule is C[C@H](CNC(C(=O)Nc1ccc(N2CC(=O)N(C)C[C@@H]2C)cn1)c1ccccc1)c1ccc(C#N)cc1. The van der Waals surface area contributed by atoms with E-state index in [1.165, 1.54) is 0 Å². The van der Waals surface area contributed by atoms with Crippen LogP contribution >= 0.6 is 0 Å². The first-order valence-electron chi connectivity index (χ1n) is 12.4. The molecular formula is C29H32N6O2. The van der Waals surface area contributed by atoms with Gasteiger partial charge >= 0.3 is 0 Å². The van der Waals surface area contributed by atoms with Crippen LogP contribution in [-0.4, -0.2) is 54.4 Å². The number of nitriles is 1. The lowest BCUT2D eigenvalue weighted by molar-refractivity contribution is -0.130. The van der Waals surface area contributed by atoms with Gasteiger partial charge in [0.1, 0.15) is 11.9 Å². The molecule has 0 spiro atoms. The van der Waals surface area contributed by atoms with Gasteiger partial charge in [-0.1, -0.05) is 49.4 Å². The second-order valence-electron chi connectivity index (χ2n) is 9.53. The molecule has 1 fully saturated rings. The summed E-state index contributed by atoms with van der Waals surface area (Å²) < 4.78 is 0. The lowest BCUT2D eigenvalue weighted by Crippen LogP contribution is -2.53. The number of carbonyl (C=O) groups is 2. The molecule has 2 N–H and O–H groups in total. The topological polar surface area (TPSA) is 101 Å². The summed E-state index contributed by atoms with van der Waals surface area (Å²) in [7, 11) is 1.81. The number of piperazine rings is 1. The molecule has 3 atom stereocenters. The smallest absolute Gasteiger partial charge is 0.247 e. The Morgan fingerprint density at radius 1 is 1.11 bits per heavy atom. The molecule has 0 radical (unpaired) electrons. The Morgan fingerprint density at radius 3 is 2.49 bits per heavy atom. The minimum absolute atomic E-state index is 0.0718. The van der Waals surface area contributed by atoms with Gasteiger partial charge in [0.15, 0.2) is 0 Å². The molecule has 37 heavy (non-hydrogen) atoms. The molecule has 2 aromatic carbocycles. The van der Waals surface area contributed by atoms with Gasteiger partial charge in [0.05, 0.1) is 30.1 Å². The van der Waals surface area contributed by atoms with Crippen molar-refractivity contribution in [3.63, 3.8) is 0 Å². The molecule has 3 aromatic rings. The van der Waals surface area contributed by atoms with Gasteiger partial charge in [0, 0.05) is 26.2 Å². The van der Waals surface area contributed by atoms with Crippen LogP contribution in [0.5, 0.6) is 0 Å². The largest absolute Gasteiger partial charge is 0.356 e. The Kier molecular flexibility index (Phi) is 8.16. The highest BCUT2D eigenvalue weighted by molar-refractivity contribution is 5.95. The predicted octanol–water partition coefficient (Wildman–Crippen LogP) is 3.69. The van der Waals surface area contributed by atoms with Crippen molar-refractivity contribution < 1.29 is 9.59 Å². The normalized spacial score (nSPS) is 17.1. The van der Waals surface area contributed by atoms with Gasteiger partial charge in [0.2, 0.25) is 11.8 Å². The van der Waals surface area contributed by atoms with Crippen LogP contribution in [0.2, 0.25) is 0 Å². The van der Waals surface area contributed by atoms with Crippen LogP contribution in [0.15, 0.2) is 72.9 Å². The van der Waals surface area contributed by atoms with Gasteiger partial charge in [-0.15, -0.1) is 0 Å². The van der Waals surface area contributed by atoms with Crippen molar-refractivity contribution >= 4 is 23.3 Å². The second kappa shape index (κ2) is 11.7. The molecule has 1 saturated heterocycles. The molecule has 1 aliphatic heterocycles. The third-order valence-electron chi connectivity index (χ3n) is 6.76.